The lowest BCUT2D eigenvalue weighted by Gasteiger charge is -2.23. The molecule has 2 nitrogen and oxygen atoms in total. The van der Waals surface area contributed by atoms with Gasteiger partial charge >= 0.3 is 0 Å². The normalized spacial score (nSPS) is 12.0. The van der Waals surface area contributed by atoms with Crippen molar-refractivity contribution in [2.24, 2.45) is 11.1 Å². The summed E-state index contributed by atoms with van der Waals surface area (Å²) in [5.41, 5.74) is 5.72. The maximum Gasteiger partial charge on any atom is 0.0517 e. The molecule has 0 aromatic heterocycles. The highest BCUT2D eigenvalue weighted by Gasteiger charge is 2.16. The second-order valence-corrected chi connectivity index (χ2v) is 3.76. The Morgan fingerprint density at radius 3 is 2.45 bits per heavy atom. The van der Waals surface area contributed by atoms with Crippen molar-refractivity contribution >= 4 is 0 Å². The highest BCUT2D eigenvalue weighted by Crippen LogP contribution is 2.19. The number of ether oxygens (including phenoxy) is 1. The van der Waals surface area contributed by atoms with Crippen molar-refractivity contribution < 1.29 is 4.74 Å². The predicted octanol–water partition coefficient (Wildman–Crippen LogP) is 1.79. The molecule has 0 saturated carbocycles. The Morgan fingerprint density at radius 1 is 1.36 bits per heavy atom. The van der Waals surface area contributed by atoms with Gasteiger partial charge in [0.2, 0.25) is 0 Å². The van der Waals surface area contributed by atoms with E-state index in [2.05, 4.69) is 20.8 Å². The van der Waals surface area contributed by atoms with Crippen LogP contribution in [0.5, 0.6) is 0 Å². The Balaban J connectivity index is 3.38. The summed E-state index contributed by atoms with van der Waals surface area (Å²) in [5, 5.41) is 0. The predicted molar refractivity (Wildman–Crippen MR) is 48.6 cm³/mol. The average molecular weight is 159 g/mol. The number of hydrogen-bond acceptors (Lipinski definition) is 2. The fourth-order valence-electron chi connectivity index (χ4n) is 0.956. The Labute approximate surface area is 70.1 Å². The molecule has 0 saturated heterocycles. The summed E-state index contributed by atoms with van der Waals surface area (Å²) in [4.78, 5) is 0. The SMILES string of the molecule is CCCOCC(C)(C)CCN. The van der Waals surface area contributed by atoms with E-state index in [1.54, 1.807) is 0 Å². The Hall–Kier alpha value is -0.0800. The molecule has 0 spiro atoms. The van der Waals surface area contributed by atoms with Gasteiger partial charge in [-0.3, -0.25) is 0 Å². The highest BCUT2D eigenvalue weighted by atomic mass is 16.5. The molecule has 0 atom stereocenters. The molecule has 2 heteroatoms. The summed E-state index contributed by atoms with van der Waals surface area (Å²) in [6.45, 7) is 8.95. The van der Waals surface area contributed by atoms with Crippen LogP contribution in [0.25, 0.3) is 0 Å². The fraction of sp³-hybridized carbons (Fsp3) is 1.00. The summed E-state index contributed by atoms with van der Waals surface area (Å²) >= 11 is 0. The monoisotopic (exact) mass is 159 g/mol. The van der Waals surface area contributed by atoms with Gasteiger partial charge in [0, 0.05) is 6.61 Å². The fourth-order valence-corrected chi connectivity index (χ4v) is 0.956. The maximum absolute atomic E-state index is 5.46. The van der Waals surface area contributed by atoms with Crippen molar-refractivity contribution in [2.45, 2.75) is 33.6 Å². The maximum atomic E-state index is 5.46. The van der Waals surface area contributed by atoms with Crippen LogP contribution < -0.4 is 5.73 Å². The van der Waals surface area contributed by atoms with Crippen LogP contribution >= 0.6 is 0 Å². The van der Waals surface area contributed by atoms with Crippen molar-refractivity contribution in [2.75, 3.05) is 19.8 Å². The molecule has 0 bridgehead atoms. The minimum Gasteiger partial charge on any atom is -0.381 e. The highest BCUT2D eigenvalue weighted by molar-refractivity contribution is 4.67. The van der Waals surface area contributed by atoms with E-state index in [0.717, 1.165) is 32.6 Å². The van der Waals surface area contributed by atoms with Crippen molar-refractivity contribution in [1.82, 2.24) is 0 Å². The molecule has 0 aromatic rings. The lowest BCUT2D eigenvalue weighted by Crippen LogP contribution is -2.23. The van der Waals surface area contributed by atoms with Crippen molar-refractivity contribution in [3.8, 4) is 0 Å². The van der Waals surface area contributed by atoms with E-state index < -0.39 is 0 Å². The standard InChI is InChI=1S/C9H21NO/c1-4-7-11-8-9(2,3)5-6-10/h4-8,10H2,1-3H3. The molecule has 0 aromatic carbocycles. The van der Waals surface area contributed by atoms with Gasteiger partial charge in [-0.2, -0.15) is 0 Å². The van der Waals surface area contributed by atoms with E-state index in [1.807, 2.05) is 0 Å². The molecular weight excluding hydrogens is 138 g/mol. The van der Waals surface area contributed by atoms with Crippen molar-refractivity contribution in [3.05, 3.63) is 0 Å². The zero-order valence-corrected chi connectivity index (χ0v) is 8.02. The molecule has 0 aliphatic carbocycles. The molecule has 0 aliphatic heterocycles. The van der Waals surface area contributed by atoms with Gasteiger partial charge in [-0.05, 0) is 24.8 Å². The van der Waals surface area contributed by atoms with E-state index >= 15 is 0 Å². The zero-order chi connectivity index (χ0) is 8.74. The first kappa shape index (κ1) is 10.9. The van der Waals surface area contributed by atoms with E-state index in [-0.39, 0.29) is 5.41 Å². The second-order valence-electron chi connectivity index (χ2n) is 3.76. The minimum atomic E-state index is 0.254. The van der Waals surface area contributed by atoms with E-state index in [1.165, 1.54) is 0 Å². The van der Waals surface area contributed by atoms with Gasteiger partial charge in [0.05, 0.1) is 6.61 Å². The molecule has 0 fully saturated rings. The Bertz CT molecular complexity index is 91.6. The van der Waals surface area contributed by atoms with Gasteiger partial charge in [-0.25, -0.2) is 0 Å². The quantitative estimate of drug-likeness (QED) is 0.600. The van der Waals surface area contributed by atoms with Gasteiger partial charge in [0.1, 0.15) is 0 Å². The first-order valence-corrected chi connectivity index (χ1v) is 4.40. The summed E-state index contributed by atoms with van der Waals surface area (Å²) in [6, 6.07) is 0. The first-order chi connectivity index (χ1) is 5.12. The van der Waals surface area contributed by atoms with Gasteiger partial charge in [0.15, 0.2) is 0 Å². The molecule has 11 heavy (non-hydrogen) atoms. The summed E-state index contributed by atoms with van der Waals surface area (Å²) in [5.74, 6) is 0. The molecule has 68 valence electrons. The topological polar surface area (TPSA) is 35.2 Å². The largest absolute Gasteiger partial charge is 0.381 e. The van der Waals surface area contributed by atoms with E-state index in [4.69, 9.17) is 10.5 Å². The molecule has 0 heterocycles. The molecule has 0 rings (SSSR count). The van der Waals surface area contributed by atoms with Crippen LogP contribution in [-0.2, 0) is 4.74 Å². The number of rotatable bonds is 6. The van der Waals surface area contributed by atoms with E-state index in [0.29, 0.717) is 0 Å². The van der Waals surface area contributed by atoms with E-state index in [9.17, 15) is 0 Å². The van der Waals surface area contributed by atoms with Crippen LogP contribution in [0, 0.1) is 5.41 Å². The number of hydrogen-bond donors (Lipinski definition) is 1. The lowest BCUT2D eigenvalue weighted by molar-refractivity contribution is 0.0595. The number of nitrogens with two attached hydrogens (primary N) is 1. The zero-order valence-electron chi connectivity index (χ0n) is 8.02. The second kappa shape index (κ2) is 5.56. The van der Waals surface area contributed by atoms with Crippen LogP contribution in [0.1, 0.15) is 33.6 Å². The average Bonchev–Trinajstić information content (AvgIpc) is 1.87. The molecule has 0 amide bonds. The Morgan fingerprint density at radius 2 is 2.00 bits per heavy atom. The molecule has 0 aliphatic rings. The molecule has 0 radical (unpaired) electrons. The van der Waals surface area contributed by atoms with Crippen LogP contribution in [0.3, 0.4) is 0 Å². The Kier molecular flexibility index (Phi) is 5.51. The lowest BCUT2D eigenvalue weighted by atomic mass is 9.91. The minimum absolute atomic E-state index is 0.254. The van der Waals surface area contributed by atoms with Crippen LogP contribution in [-0.4, -0.2) is 19.8 Å². The molecule has 2 N–H and O–H groups in total. The third-order valence-electron chi connectivity index (χ3n) is 1.66. The first-order valence-electron chi connectivity index (χ1n) is 4.40. The molecular formula is C9H21NO. The third kappa shape index (κ3) is 6.32. The van der Waals surface area contributed by atoms with Crippen LogP contribution in [0.4, 0.5) is 0 Å². The van der Waals surface area contributed by atoms with Crippen molar-refractivity contribution in [3.63, 3.8) is 0 Å². The summed E-state index contributed by atoms with van der Waals surface area (Å²) < 4.78 is 5.44. The van der Waals surface area contributed by atoms with Gasteiger partial charge in [-0.15, -0.1) is 0 Å². The third-order valence-corrected chi connectivity index (χ3v) is 1.66. The van der Waals surface area contributed by atoms with Gasteiger partial charge < -0.3 is 10.5 Å². The van der Waals surface area contributed by atoms with Crippen LogP contribution in [0.2, 0.25) is 0 Å². The van der Waals surface area contributed by atoms with Crippen LogP contribution in [0.15, 0.2) is 0 Å². The summed E-state index contributed by atoms with van der Waals surface area (Å²) in [7, 11) is 0. The van der Waals surface area contributed by atoms with Crippen molar-refractivity contribution in [1.29, 1.82) is 0 Å². The van der Waals surface area contributed by atoms with Gasteiger partial charge in [-0.1, -0.05) is 20.8 Å². The van der Waals surface area contributed by atoms with Gasteiger partial charge in [0.25, 0.3) is 0 Å². The molecule has 0 unspecified atom stereocenters. The smallest absolute Gasteiger partial charge is 0.0517 e. The summed E-state index contributed by atoms with van der Waals surface area (Å²) in [6.07, 6.45) is 2.13.